The van der Waals surface area contributed by atoms with Crippen LogP contribution in [0.1, 0.15) is 38.2 Å². The maximum Gasteiger partial charge on any atom is 0.407 e. The summed E-state index contributed by atoms with van der Waals surface area (Å²) in [6.45, 7) is 3.15. The van der Waals surface area contributed by atoms with E-state index in [0.717, 1.165) is 25.1 Å². The third-order valence-corrected chi connectivity index (χ3v) is 4.99. The number of hydrogen-bond acceptors (Lipinski definition) is 8. The van der Waals surface area contributed by atoms with Crippen LogP contribution in [0.2, 0.25) is 0 Å². The summed E-state index contributed by atoms with van der Waals surface area (Å²) in [6, 6.07) is 6.76. The molecule has 0 spiro atoms. The summed E-state index contributed by atoms with van der Waals surface area (Å²) < 4.78 is 25.9. The average Bonchev–Trinajstić information content (AvgIpc) is 2.81. The molecular weight excluding hydrogens is 481 g/mol. The molecule has 0 saturated heterocycles. The monoisotopic (exact) mass is 517 g/mol. The third kappa shape index (κ3) is 16.7. The summed E-state index contributed by atoms with van der Waals surface area (Å²) in [5.74, 6) is -0.486. The summed E-state index contributed by atoms with van der Waals surface area (Å²) in [6.07, 6.45) is 0.941. The van der Waals surface area contributed by atoms with Gasteiger partial charge in [0.25, 0.3) is 0 Å². The lowest BCUT2D eigenvalue weighted by molar-refractivity contribution is -0.124. The lowest BCUT2D eigenvalue weighted by Gasteiger charge is -2.13. The zero-order chi connectivity index (χ0) is 26.1. The van der Waals surface area contributed by atoms with E-state index < -0.39 is 19.8 Å². The molecule has 0 aliphatic heterocycles. The number of aliphatic hydroxyl groups excluding tert-OH is 1. The van der Waals surface area contributed by atoms with Crippen molar-refractivity contribution in [2.75, 3.05) is 44.9 Å². The molecule has 2 atom stereocenters. The Labute approximate surface area is 205 Å². The number of ether oxygens (including phenoxy) is 2. The number of alkyl carbamates (subject to hydrolysis) is 1. The second kappa shape index (κ2) is 17.0. The molecule has 35 heavy (non-hydrogen) atoms. The first-order valence-corrected chi connectivity index (χ1v) is 13.4. The smallest absolute Gasteiger partial charge is 0.407 e. The minimum Gasteiger partial charge on any atom is -0.445 e. The Morgan fingerprint density at radius 1 is 1.06 bits per heavy atom. The number of benzene rings is 1. The lowest BCUT2D eigenvalue weighted by atomic mass is 10.2. The zero-order valence-corrected chi connectivity index (χ0v) is 21.1. The summed E-state index contributed by atoms with van der Waals surface area (Å²) in [4.78, 5) is 44.2. The SMILES string of the molecule is CCCCC(=O)NCC(=O)Nc1ccc(COC(=O)NCCCOCC(O)COP(C)(=O)O)cc1. The summed E-state index contributed by atoms with van der Waals surface area (Å²) in [5, 5.41) is 17.4. The Kier molecular flexibility index (Phi) is 14.8. The minimum atomic E-state index is -3.63. The van der Waals surface area contributed by atoms with Crippen LogP contribution in [-0.4, -0.2) is 73.6 Å². The van der Waals surface area contributed by atoms with Crippen LogP contribution in [0.15, 0.2) is 24.3 Å². The van der Waals surface area contributed by atoms with Crippen LogP contribution in [0.25, 0.3) is 0 Å². The maximum absolute atomic E-state index is 11.9. The number of rotatable bonds is 17. The number of aliphatic hydroxyl groups is 1. The van der Waals surface area contributed by atoms with E-state index in [9.17, 15) is 24.1 Å². The van der Waals surface area contributed by atoms with Gasteiger partial charge in [0, 0.05) is 31.9 Å². The van der Waals surface area contributed by atoms with E-state index in [1.165, 1.54) is 0 Å². The van der Waals surface area contributed by atoms with Gasteiger partial charge in [-0.1, -0.05) is 25.5 Å². The largest absolute Gasteiger partial charge is 0.445 e. The van der Waals surface area contributed by atoms with Crippen molar-refractivity contribution in [1.29, 1.82) is 0 Å². The van der Waals surface area contributed by atoms with Crippen molar-refractivity contribution in [3.63, 3.8) is 0 Å². The van der Waals surface area contributed by atoms with Gasteiger partial charge in [-0.05, 0) is 30.5 Å². The Balaban J connectivity index is 2.15. The summed E-state index contributed by atoms with van der Waals surface area (Å²) >= 11 is 0. The van der Waals surface area contributed by atoms with Gasteiger partial charge in [-0.15, -0.1) is 0 Å². The fraction of sp³-hybridized carbons (Fsp3) is 0.591. The highest BCUT2D eigenvalue weighted by atomic mass is 31.2. The van der Waals surface area contributed by atoms with E-state index in [0.29, 0.717) is 25.1 Å². The van der Waals surface area contributed by atoms with Gasteiger partial charge in [0.2, 0.25) is 11.8 Å². The van der Waals surface area contributed by atoms with Gasteiger partial charge in [-0.2, -0.15) is 0 Å². The van der Waals surface area contributed by atoms with Crippen LogP contribution in [-0.2, 0) is 34.8 Å². The van der Waals surface area contributed by atoms with Crippen molar-refractivity contribution in [1.82, 2.24) is 10.6 Å². The second-order valence-electron chi connectivity index (χ2n) is 7.81. The molecule has 0 fully saturated rings. The van der Waals surface area contributed by atoms with Gasteiger partial charge in [-0.3, -0.25) is 14.2 Å². The first-order chi connectivity index (χ1) is 16.6. The molecule has 2 unspecified atom stereocenters. The van der Waals surface area contributed by atoms with Crippen LogP contribution in [0, 0.1) is 0 Å². The van der Waals surface area contributed by atoms with Crippen molar-refractivity contribution in [3.8, 4) is 0 Å². The van der Waals surface area contributed by atoms with Crippen LogP contribution >= 0.6 is 7.60 Å². The molecule has 3 amide bonds. The van der Waals surface area contributed by atoms with Gasteiger partial charge in [0.05, 0.1) is 19.8 Å². The average molecular weight is 518 g/mol. The van der Waals surface area contributed by atoms with E-state index in [2.05, 4.69) is 20.5 Å². The van der Waals surface area contributed by atoms with Crippen molar-refractivity contribution >= 4 is 31.2 Å². The highest BCUT2D eigenvalue weighted by Gasteiger charge is 2.14. The summed E-state index contributed by atoms with van der Waals surface area (Å²) in [5.41, 5.74) is 1.29. The van der Waals surface area contributed by atoms with Crippen LogP contribution in [0.5, 0.6) is 0 Å². The standard InChI is InChI=1S/C22H36N3O9P/c1-3-4-6-20(27)24-13-21(28)25-18-9-7-17(8-10-18)14-33-22(29)23-11-5-12-32-15-19(26)16-34-35(2,30)31/h7-10,19,26H,3-6,11-16H2,1-2H3,(H,23,29)(H,24,27)(H,25,28)(H,30,31). The molecule has 1 rings (SSSR count). The highest BCUT2D eigenvalue weighted by molar-refractivity contribution is 7.51. The fourth-order valence-corrected chi connectivity index (χ4v) is 3.00. The molecular formula is C22H36N3O9P. The first kappa shape index (κ1) is 30.5. The number of carbonyl (C=O) groups is 3. The van der Waals surface area contributed by atoms with E-state index in [4.69, 9.17) is 14.4 Å². The molecule has 0 bridgehead atoms. The molecule has 12 nitrogen and oxygen atoms in total. The minimum absolute atomic E-state index is 0.0440. The van der Waals surface area contributed by atoms with Crippen LogP contribution in [0.3, 0.4) is 0 Å². The Morgan fingerprint density at radius 2 is 1.77 bits per heavy atom. The van der Waals surface area contributed by atoms with Crippen molar-refractivity contribution in [3.05, 3.63) is 29.8 Å². The fourth-order valence-electron chi connectivity index (χ4n) is 2.55. The van der Waals surface area contributed by atoms with Gasteiger partial charge in [-0.25, -0.2) is 4.79 Å². The Bertz CT molecular complexity index is 830. The molecule has 1 aromatic rings. The number of anilines is 1. The van der Waals surface area contributed by atoms with E-state index in [1.807, 2.05) is 6.92 Å². The Hall–Kier alpha value is -2.50. The van der Waals surface area contributed by atoms with Gasteiger partial charge in [0.15, 0.2) is 0 Å². The number of unbranched alkanes of at least 4 members (excludes halogenated alkanes) is 1. The number of carbonyl (C=O) groups excluding carboxylic acids is 3. The number of nitrogens with one attached hydrogen (secondary N) is 3. The van der Waals surface area contributed by atoms with Gasteiger partial charge >= 0.3 is 13.7 Å². The summed E-state index contributed by atoms with van der Waals surface area (Å²) in [7, 11) is -3.63. The normalized spacial score (nSPS) is 13.4. The molecule has 0 aliphatic carbocycles. The molecule has 1 aromatic carbocycles. The topological polar surface area (TPSA) is 173 Å². The maximum atomic E-state index is 11.9. The van der Waals surface area contributed by atoms with Crippen LogP contribution in [0.4, 0.5) is 10.5 Å². The quantitative estimate of drug-likeness (QED) is 0.152. The molecule has 0 aliphatic rings. The molecule has 0 aromatic heterocycles. The molecule has 198 valence electrons. The molecule has 5 N–H and O–H groups in total. The number of amides is 3. The van der Waals surface area contributed by atoms with Crippen molar-refractivity contribution in [2.45, 2.75) is 45.3 Å². The number of hydrogen-bond donors (Lipinski definition) is 5. The van der Waals surface area contributed by atoms with E-state index in [-0.39, 0.29) is 44.8 Å². The second-order valence-corrected chi connectivity index (χ2v) is 9.67. The predicted octanol–water partition coefficient (Wildman–Crippen LogP) is 1.76. The highest BCUT2D eigenvalue weighted by Crippen LogP contribution is 2.36. The van der Waals surface area contributed by atoms with Crippen molar-refractivity contribution in [2.24, 2.45) is 0 Å². The molecule has 13 heteroatoms. The molecule has 0 radical (unpaired) electrons. The van der Waals surface area contributed by atoms with E-state index in [1.54, 1.807) is 24.3 Å². The van der Waals surface area contributed by atoms with Crippen LogP contribution < -0.4 is 16.0 Å². The molecule has 0 saturated carbocycles. The lowest BCUT2D eigenvalue weighted by Crippen LogP contribution is -2.32. The Morgan fingerprint density at radius 3 is 2.43 bits per heavy atom. The zero-order valence-electron chi connectivity index (χ0n) is 20.2. The van der Waals surface area contributed by atoms with Gasteiger partial charge in [0.1, 0.15) is 12.7 Å². The van der Waals surface area contributed by atoms with E-state index >= 15 is 0 Å². The predicted molar refractivity (Wildman–Crippen MR) is 129 cm³/mol. The third-order valence-electron chi connectivity index (χ3n) is 4.36. The first-order valence-electron chi connectivity index (χ1n) is 11.4. The molecule has 0 heterocycles. The van der Waals surface area contributed by atoms with Crippen molar-refractivity contribution < 1.29 is 42.9 Å². The van der Waals surface area contributed by atoms with Gasteiger partial charge < -0.3 is 39.9 Å².